The number of halogens is 1. The van der Waals surface area contributed by atoms with E-state index in [2.05, 4.69) is 17.1 Å². The Labute approximate surface area is 192 Å². The summed E-state index contributed by atoms with van der Waals surface area (Å²) in [6, 6.07) is 13.2. The average molecular weight is 452 g/mol. The SMILES string of the molecule is CCC(c1nc2ccccc2c(=O)n1CC)N1CCN(C(=O)Nc2ccccc2F)C(C)C1. The van der Waals surface area contributed by atoms with Gasteiger partial charge in [-0.1, -0.05) is 31.2 Å². The van der Waals surface area contributed by atoms with Crippen LogP contribution in [-0.2, 0) is 6.54 Å². The van der Waals surface area contributed by atoms with Gasteiger partial charge in [0.1, 0.15) is 11.6 Å². The van der Waals surface area contributed by atoms with Crippen molar-refractivity contribution >= 4 is 22.6 Å². The molecule has 4 rings (SSSR count). The number of nitrogens with zero attached hydrogens (tertiary/aromatic N) is 4. The average Bonchev–Trinajstić information content (AvgIpc) is 2.81. The largest absolute Gasteiger partial charge is 0.322 e. The topological polar surface area (TPSA) is 70.5 Å². The Kier molecular flexibility index (Phi) is 6.74. The summed E-state index contributed by atoms with van der Waals surface area (Å²) in [4.78, 5) is 34.8. The second kappa shape index (κ2) is 9.70. The van der Waals surface area contributed by atoms with Gasteiger partial charge in [-0.25, -0.2) is 14.2 Å². The highest BCUT2D eigenvalue weighted by Crippen LogP contribution is 2.27. The van der Waals surface area contributed by atoms with Crippen LogP contribution in [0.25, 0.3) is 10.9 Å². The van der Waals surface area contributed by atoms with Crippen molar-refractivity contribution in [1.82, 2.24) is 19.4 Å². The number of rotatable bonds is 5. The third kappa shape index (κ3) is 4.48. The lowest BCUT2D eigenvalue weighted by atomic mass is 10.1. The van der Waals surface area contributed by atoms with Crippen LogP contribution in [0, 0.1) is 5.82 Å². The number of nitrogens with one attached hydrogen (secondary N) is 1. The molecule has 2 atom stereocenters. The highest BCUT2D eigenvalue weighted by atomic mass is 19.1. The van der Waals surface area contributed by atoms with E-state index in [4.69, 9.17) is 4.98 Å². The second-order valence-electron chi connectivity index (χ2n) is 8.41. The molecule has 1 aromatic heterocycles. The molecule has 3 aromatic rings. The Morgan fingerprint density at radius 1 is 1.15 bits per heavy atom. The van der Waals surface area contributed by atoms with Gasteiger partial charge in [-0.05, 0) is 44.5 Å². The number of urea groups is 1. The summed E-state index contributed by atoms with van der Waals surface area (Å²) < 4.78 is 15.7. The molecule has 2 amide bonds. The second-order valence-corrected chi connectivity index (χ2v) is 8.41. The van der Waals surface area contributed by atoms with Crippen molar-refractivity contribution in [3.63, 3.8) is 0 Å². The molecule has 2 aromatic carbocycles. The number of aromatic nitrogens is 2. The summed E-state index contributed by atoms with van der Waals surface area (Å²) in [5.74, 6) is 0.309. The smallest absolute Gasteiger partial charge is 0.319 e. The van der Waals surface area contributed by atoms with Gasteiger partial charge in [0.2, 0.25) is 0 Å². The van der Waals surface area contributed by atoms with Crippen LogP contribution in [0.1, 0.15) is 39.1 Å². The first kappa shape index (κ1) is 22.9. The fourth-order valence-electron chi connectivity index (χ4n) is 4.67. The summed E-state index contributed by atoms with van der Waals surface area (Å²) in [7, 11) is 0. The fourth-order valence-corrected chi connectivity index (χ4v) is 4.67. The number of fused-ring (bicyclic) bond motifs is 1. The van der Waals surface area contributed by atoms with Gasteiger partial charge < -0.3 is 10.2 Å². The summed E-state index contributed by atoms with van der Waals surface area (Å²) in [5, 5.41) is 3.31. The van der Waals surface area contributed by atoms with Gasteiger partial charge in [-0.2, -0.15) is 0 Å². The van der Waals surface area contributed by atoms with Crippen LogP contribution in [0.15, 0.2) is 53.3 Å². The van der Waals surface area contributed by atoms with Gasteiger partial charge in [-0.3, -0.25) is 14.3 Å². The van der Waals surface area contributed by atoms with E-state index in [1.54, 1.807) is 27.7 Å². The molecular weight excluding hydrogens is 421 g/mol. The number of carbonyl (C=O) groups excluding carboxylic acids is 1. The van der Waals surface area contributed by atoms with Gasteiger partial charge in [0, 0.05) is 32.2 Å². The number of hydrogen-bond acceptors (Lipinski definition) is 4. The molecule has 1 fully saturated rings. The normalized spacial score (nSPS) is 17.8. The van der Waals surface area contributed by atoms with Gasteiger partial charge >= 0.3 is 6.03 Å². The third-order valence-corrected chi connectivity index (χ3v) is 6.37. The molecule has 2 unspecified atom stereocenters. The molecule has 0 aliphatic carbocycles. The van der Waals surface area contributed by atoms with E-state index >= 15 is 0 Å². The number of carbonyl (C=O) groups is 1. The van der Waals surface area contributed by atoms with E-state index in [-0.39, 0.29) is 29.4 Å². The third-order valence-electron chi connectivity index (χ3n) is 6.37. The van der Waals surface area contributed by atoms with Gasteiger partial charge in [0.15, 0.2) is 0 Å². The van der Waals surface area contributed by atoms with Crippen LogP contribution < -0.4 is 10.9 Å². The lowest BCUT2D eigenvalue weighted by Gasteiger charge is -2.43. The molecule has 2 heterocycles. The molecule has 174 valence electrons. The van der Waals surface area contributed by atoms with Crippen molar-refractivity contribution in [1.29, 1.82) is 0 Å². The number of para-hydroxylation sites is 2. The summed E-state index contributed by atoms with van der Waals surface area (Å²) in [6.45, 7) is 8.36. The maximum atomic E-state index is 14.0. The maximum absolute atomic E-state index is 14.0. The molecule has 0 radical (unpaired) electrons. The van der Waals surface area contributed by atoms with E-state index in [0.717, 1.165) is 12.2 Å². The number of piperazine rings is 1. The van der Waals surface area contributed by atoms with Crippen molar-refractivity contribution in [2.45, 2.75) is 45.8 Å². The molecule has 7 nitrogen and oxygen atoms in total. The molecular formula is C25H30FN5O2. The van der Waals surface area contributed by atoms with Crippen LogP contribution in [0.2, 0.25) is 0 Å². The van der Waals surface area contributed by atoms with Crippen molar-refractivity contribution in [2.24, 2.45) is 0 Å². The standard InChI is InChI=1S/C25H30FN5O2/c1-4-22(23-27-20-12-8-6-10-18(20)24(32)30(23)5-2)29-14-15-31(17(3)16-29)25(33)28-21-13-9-7-11-19(21)26/h6-13,17,22H,4-5,14-16H2,1-3H3,(H,28,33). The van der Waals surface area contributed by atoms with Crippen molar-refractivity contribution in [3.8, 4) is 0 Å². The highest BCUT2D eigenvalue weighted by Gasteiger charge is 2.33. The first-order valence-electron chi connectivity index (χ1n) is 11.5. The Bertz CT molecular complexity index is 1210. The van der Waals surface area contributed by atoms with Crippen LogP contribution in [0.3, 0.4) is 0 Å². The minimum Gasteiger partial charge on any atom is -0.319 e. The number of amides is 2. The van der Waals surface area contributed by atoms with Gasteiger partial charge in [0.25, 0.3) is 5.56 Å². The minimum absolute atomic E-state index is 0.0208. The monoisotopic (exact) mass is 451 g/mol. The number of anilines is 1. The first-order chi connectivity index (χ1) is 15.9. The Balaban J connectivity index is 1.55. The summed E-state index contributed by atoms with van der Waals surface area (Å²) >= 11 is 0. The first-order valence-corrected chi connectivity index (χ1v) is 11.5. The number of benzene rings is 2. The Hall–Kier alpha value is -3.26. The zero-order valence-corrected chi connectivity index (χ0v) is 19.3. The minimum atomic E-state index is -0.455. The molecule has 0 spiro atoms. The predicted molar refractivity (Wildman–Crippen MR) is 128 cm³/mol. The molecule has 1 aliphatic heterocycles. The molecule has 1 saturated heterocycles. The Morgan fingerprint density at radius 3 is 2.58 bits per heavy atom. The van der Waals surface area contributed by atoms with Gasteiger partial charge in [-0.15, -0.1) is 0 Å². The summed E-state index contributed by atoms with van der Waals surface area (Å²) in [5.41, 5.74) is 0.861. The molecule has 1 N–H and O–H groups in total. The van der Waals surface area contributed by atoms with Crippen molar-refractivity contribution in [3.05, 3.63) is 70.5 Å². The molecule has 0 bridgehead atoms. The molecule has 8 heteroatoms. The number of hydrogen-bond donors (Lipinski definition) is 1. The maximum Gasteiger partial charge on any atom is 0.322 e. The highest BCUT2D eigenvalue weighted by molar-refractivity contribution is 5.89. The van der Waals surface area contributed by atoms with Crippen LogP contribution in [0.5, 0.6) is 0 Å². The summed E-state index contributed by atoms with van der Waals surface area (Å²) in [6.07, 6.45) is 0.791. The van der Waals surface area contributed by atoms with Crippen LogP contribution >= 0.6 is 0 Å². The fraction of sp³-hybridized carbons (Fsp3) is 0.400. The lowest BCUT2D eigenvalue weighted by molar-refractivity contribution is 0.0718. The van der Waals surface area contributed by atoms with Crippen LogP contribution in [0.4, 0.5) is 14.9 Å². The van der Waals surface area contributed by atoms with E-state index in [9.17, 15) is 14.0 Å². The van der Waals surface area contributed by atoms with Crippen LogP contribution in [-0.4, -0.2) is 51.1 Å². The van der Waals surface area contributed by atoms with E-state index in [0.29, 0.717) is 37.1 Å². The van der Waals surface area contributed by atoms with Gasteiger partial charge in [0.05, 0.1) is 22.6 Å². The Morgan fingerprint density at radius 2 is 1.88 bits per heavy atom. The van der Waals surface area contributed by atoms with E-state index in [1.165, 1.54) is 6.07 Å². The van der Waals surface area contributed by atoms with Crippen molar-refractivity contribution in [2.75, 3.05) is 25.0 Å². The van der Waals surface area contributed by atoms with E-state index < -0.39 is 5.82 Å². The quantitative estimate of drug-likeness (QED) is 0.630. The molecule has 0 saturated carbocycles. The zero-order valence-electron chi connectivity index (χ0n) is 19.3. The van der Waals surface area contributed by atoms with E-state index in [1.807, 2.05) is 38.1 Å². The zero-order chi connectivity index (χ0) is 23.5. The predicted octanol–water partition coefficient (Wildman–Crippen LogP) is 4.24. The lowest BCUT2D eigenvalue weighted by Crippen LogP contribution is -2.56. The molecule has 1 aliphatic rings. The van der Waals surface area contributed by atoms with Crippen molar-refractivity contribution < 1.29 is 9.18 Å². The molecule has 33 heavy (non-hydrogen) atoms.